The van der Waals surface area contributed by atoms with Gasteiger partial charge in [0, 0.05) is 0 Å². The minimum Gasteiger partial charge on any atom is -0.306 e. The molecule has 4 atom stereocenters. The molecular weight excluding hydrogens is 154 g/mol. The van der Waals surface area contributed by atoms with Crippen LogP contribution in [0.5, 0.6) is 0 Å². The molecule has 4 unspecified atom stereocenters. The van der Waals surface area contributed by atoms with Crippen molar-refractivity contribution >= 4 is 0 Å². The van der Waals surface area contributed by atoms with E-state index in [0.29, 0.717) is 0 Å². The van der Waals surface area contributed by atoms with Crippen LogP contribution in [0.2, 0.25) is 0 Å². The second-order valence-corrected chi connectivity index (χ2v) is 1.81. The molecule has 0 spiro atoms. The van der Waals surface area contributed by atoms with Gasteiger partial charge in [-0.25, -0.2) is 22.9 Å². The summed E-state index contributed by atoms with van der Waals surface area (Å²) in [6.07, 6.45) is -9.44. The third kappa shape index (κ3) is 1.38. The Balaban J connectivity index is 2.46. The average Bonchev–Trinajstić information content (AvgIpc) is 1.84. The smallest absolute Gasteiger partial charge is 0.246 e. The van der Waals surface area contributed by atoms with E-state index in [1.807, 2.05) is 0 Å². The number of ether oxygens (including phenoxy) is 1. The zero-order valence-corrected chi connectivity index (χ0v) is 4.73. The van der Waals surface area contributed by atoms with E-state index in [4.69, 9.17) is 0 Å². The molecule has 0 amide bonds. The van der Waals surface area contributed by atoms with Crippen LogP contribution < -0.4 is 5.32 Å². The lowest BCUT2D eigenvalue weighted by molar-refractivity contribution is -0.237. The van der Waals surface area contributed by atoms with Crippen molar-refractivity contribution in [1.82, 2.24) is 5.32 Å². The Morgan fingerprint density at radius 1 is 0.900 bits per heavy atom. The first kappa shape index (κ1) is 7.74. The van der Waals surface area contributed by atoms with Crippen LogP contribution in [0.15, 0.2) is 0 Å². The SMILES string of the molecule is FC1NC(F)C(F)OC1F. The molecule has 0 radical (unpaired) electrons. The summed E-state index contributed by atoms with van der Waals surface area (Å²) in [4.78, 5) is 0. The summed E-state index contributed by atoms with van der Waals surface area (Å²) in [6.45, 7) is 0. The van der Waals surface area contributed by atoms with Gasteiger partial charge in [0.25, 0.3) is 0 Å². The molecule has 1 aliphatic rings. The van der Waals surface area contributed by atoms with Crippen molar-refractivity contribution in [2.24, 2.45) is 0 Å². The first-order chi connectivity index (χ1) is 4.61. The number of alkyl halides is 4. The van der Waals surface area contributed by atoms with E-state index in [9.17, 15) is 17.6 Å². The van der Waals surface area contributed by atoms with Gasteiger partial charge >= 0.3 is 0 Å². The molecule has 6 heteroatoms. The number of nitrogens with one attached hydrogen (secondary N) is 1. The molecule has 60 valence electrons. The Bertz CT molecular complexity index is 97.8. The minimum atomic E-state index is -2.43. The molecule has 0 saturated carbocycles. The lowest BCUT2D eigenvalue weighted by Gasteiger charge is -2.26. The second kappa shape index (κ2) is 2.71. The fraction of sp³-hybridized carbons (Fsp3) is 1.00. The highest BCUT2D eigenvalue weighted by Gasteiger charge is 2.38. The monoisotopic (exact) mass is 159 g/mol. The lowest BCUT2D eigenvalue weighted by atomic mass is 10.4. The van der Waals surface area contributed by atoms with E-state index in [1.165, 1.54) is 5.32 Å². The van der Waals surface area contributed by atoms with Gasteiger partial charge in [-0.15, -0.1) is 0 Å². The summed E-state index contributed by atoms with van der Waals surface area (Å²) in [6, 6.07) is 0. The Kier molecular flexibility index (Phi) is 2.10. The van der Waals surface area contributed by atoms with Crippen molar-refractivity contribution in [2.45, 2.75) is 25.3 Å². The molecule has 1 saturated heterocycles. The van der Waals surface area contributed by atoms with Crippen molar-refractivity contribution < 1.29 is 22.3 Å². The lowest BCUT2D eigenvalue weighted by Crippen LogP contribution is -2.52. The van der Waals surface area contributed by atoms with Crippen LogP contribution in [-0.4, -0.2) is 25.3 Å². The molecule has 1 rings (SSSR count). The minimum absolute atomic E-state index is 1.37. The molecule has 1 fully saturated rings. The summed E-state index contributed by atoms with van der Waals surface area (Å²) < 4.78 is 51.4. The summed E-state index contributed by atoms with van der Waals surface area (Å²) in [5.74, 6) is 0. The van der Waals surface area contributed by atoms with Gasteiger partial charge < -0.3 is 4.74 Å². The third-order valence-electron chi connectivity index (χ3n) is 1.04. The zero-order valence-electron chi connectivity index (χ0n) is 4.73. The summed E-state index contributed by atoms with van der Waals surface area (Å²) in [7, 11) is 0. The van der Waals surface area contributed by atoms with Gasteiger partial charge in [0.05, 0.1) is 0 Å². The molecule has 10 heavy (non-hydrogen) atoms. The van der Waals surface area contributed by atoms with Crippen molar-refractivity contribution in [2.75, 3.05) is 0 Å². The fourth-order valence-electron chi connectivity index (χ4n) is 0.566. The topological polar surface area (TPSA) is 21.3 Å². The highest BCUT2D eigenvalue weighted by molar-refractivity contribution is 4.70. The molecule has 2 nitrogen and oxygen atoms in total. The van der Waals surface area contributed by atoms with Gasteiger partial charge in [-0.05, 0) is 0 Å². The standard InChI is InChI=1S/C4H5F4NO/c5-1-3(7)10-4(8)2(6)9-1/h1-4,9H. The van der Waals surface area contributed by atoms with Gasteiger partial charge in [0.2, 0.25) is 25.3 Å². The molecular formula is C4H5F4NO. The molecule has 0 bridgehead atoms. The molecule has 1 heterocycles. The molecule has 1 aliphatic heterocycles. The van der Waals surface area contributed by atoms with Crippen LogP contribution in [0.25, 0.3) is 0 Å². The average molecular weight is 159 g/mol. The predicted molar refractivity (Wildman–Crippen MR) is 23.8 cm³/mol. The largest absolute Gasteiger partial charge is 0.306 e. The molecule has 0 aliphatic carbocycles. The van der Waals surface area contributed by atoms with Gasteiger partial charge in [0.1, 0.15) is 0 Å². The van der Waals surface area contributed by atoms with Crippen LogP contribution in [0.4, 0.5) is 17.6 Å². The maximum absolute atomic E-state index is 12.0. The fourth-order valence-corrected chi connectivity index (χ4v) is 0.566. The molecule has 0 aromatic heterocycles. The number of hydrogen-bond donors (Lipinski definition) is 1. The van der Waals surface area contributed by atoms with E-state index in [2.05, 4.69) is 4.74 Å². The van der Waals surface area contributed by atoms with Crippen molar-refractivity contribution in [3.8, 4) is 0 Å². The van der Waals surface area contributed by atoms with Gasteiger partial charge in [-0.2, -0.15) is 0 Å². The molecule has 0 aromatic rings. The van der Waals surface area contributed by atoms with Gasteiger partial charge in [-0.1, -0.05) is 0 Å². The van der Waals surface area contributed by atoms with E-state index in [0.717, 1.165) is 0 Å². The maximum atomic E-state index is 12.0. The highest BCUT2D eigenvalue weighted by Crippen LogP contribution is 2.17. The first-order valence-electron chi connectivity index (χ1n) is 2.59. The predicted octanol–water partition coefficient (Wildman–Crippen LogP) is 0.789. The Morgan fingerprint density at radius 2 is 1.30 bits per heavy atom. The summed E-state index contributed by atoms with van der Waals surface area (Å²) in [5.41, 5.74) is 0. The van der Waals surface area contributed by atoms with Crippen molar-refractivity contribution in [1.29, 1.82) is 0 Å². The van der Waals surface area contributed by atoms with Gasteiger partial charge in [0.15, 0.2) is 0 Å². The first-order valence-corrected chi connectivity index (χ1v) is 2.59. The number of halogens is 4. The van der Waals surface area contributed by atoms with Crippen molar-refractivity contribution in [3.05, 3.63) is 0 Å². The number of hydrogen-bond acceptors (Lipinski definition) is 2. The zero-order chi connectivity index (χ0) is 7.72. The summed E-state index contributed by atoms with van der Waals surface area (Å²) in [5, 5.41) is 1.37. The van der Waals surface area contributed by atoms with Crippen LogP contribution in [0, 0.1) is 0 Å². The van der Waals surface area contributed by atoms with Crippen LogP contribution in [0.1, 0.15) is 0 Å². The number of rotatable bonds is 0. The third-order valence-corrected chi connectivity index (χ3v) is 1.04. The Labute approximate surface area is 54.2 Å². The van der Waals surface area contributed by atoms with Crippen LogP contribution in [0.3, 0.4) is 0 Å². The van der Waals surface area contributed by atoms with Crippen molar-refractivity contribution in [3.63, 3.8) is 0 Å². The maximum Gasteiger partial charge on any atom is 0.246 e. The van der Waals surface area contributed by atoms with E-state index in [1.54, 1.807) is 0 Å². The summed E-state index contributed by atoms with van der Waals surface area (Å²) >= 11 is 0. The van der Waals surface area contributed by atoms with E-state index >= 15 is 0 Å². The number of morpholine rings is 1. The van der Waals surface area contributed by atoms with Gasteiger partial charge in [-0.3, -0.25) is 0 Å². The van der Waals surface area contributed by atoms with Crippen LogP contribution in [-0.2, 0) is 4.74 Å². The highest BCUT2D eigenvalue weighted by atomic mass is 19.2. The normalized spacial score (nSPS) is 49.2. The molecule has 0 aromatic carbocycles. The quantitative estimate of drug-likeness (QED) is 0.416. The van der Waals surface area contributed by atoms with E-state index < -0.39 is 25.3 Å². The van der Waals surface area contributed by atoms with Crippen LogP contribution >= 0.6 is 0 Å². The Hall–Kier alpha value is -0.360. The second-order valence-electron chi connectivity index (χ2n) is 1.81. The van der Waals surface area contributed by atoms with E-state index in [-0.39, 0.29) is 0 Å². The molecule has 1 N–H and O–H groups in total. The Morgan fingerprint density at radius 3 is 1.60 bits per heavy atom.